The molecule has 4 rings (SSSR count). The van der Waals surface area contributed by atoms with E-state index in [0.717, 1.165) is 37.3 Å². The summed E-state index contributed by atoms with van der Waals surface area (Å²) in [5, 5.41) is 17.5. The molecule has 0 fully saturated rings. The maximum atomic E-state index is 10.9. The highest BCUT2D eigenvalue weighted by atomic mass is 32.1. The molecule has 3 N–H and O–H groups in total. The Morgan fingerprint density at radius 3 is 2.43 bits per heavy atom. The summed E-state index contributed by atoms with van der Waals surface area (Å²) in [6.07, 6.45) is 1.50. The normalized spacial score (nSPS) is 11.4. The molecular formula is C22H19N5O2S. The molecule has 0 amide bonds. The molecular weight excluding hydrogens is 398 g/mol. The average Bonchev–Trinajstić information content (AvgIpc) is 3.11. The van der Waals surface area contributed by atoms with Crippen molar-refractivity contribution < 1.29 is 9.90 Å². The van der Waals surface area contributed by atoms with Gasteiger partial charge in [-0.1, -0.05) is 36.4 Å². The lowest BCUT2D eigenvalue weighted by Gasteiger charge is -2.01. The van der Waals surface area contributed by atoms with E-state index in [4.69, 9.17) is 10.8 Å². The second-order valence-electron chi connectivity index (χ2n) is 6.73. The number of aryl methyl sites for hydroxylation is 1. The Labute approximate surface area is 177 Å². The Kier molecular flexibility index (Phi) is 5.60. The molecule has 30 heavy (non-hydrogen) atoms. The molecule has 2 aromatic heterocycles. The van der Waals surface area contributed by atoms with E-state index in [9.17, 15) is 4.79 Å². The van der Waals surface area contributed by atoms with Crippen LogP contribution in [0.1, 0.15) is 27.0 Å². The number of fused-ring (bicyclic) bond motifs is 1. The van der Waals surface area contributed by atoms with Crippen LogP contribution in [0.3, 0.4) is 0 Å². The summed E-state index contributed by atoms with van der Waals surface area (Å²) in [4.78, 5) is 20.8. The number of aromatic carboxylic acids is 1. The number of carboxylic acid groups (broad SMARTS) is 1. The van der Waals surface area contributed by atoms with Crippen molar-refractivity contribution in [2.24, 2.45) is 16.0 Å². The van der Waals surface area contributed by atoms with Crippen LogP contribution in [0.4, 0.5) is 5.82 Å². The van der Waals surface area contributed by atoms with Gasteiger partial charge < -0.3 is 10.8 Å². The fourth-order valence-electron chi connectivity index (χ4n) is 3.09. The summed E-state index contributed by atoms with van der Waals surface area (Å²) in [5.41, 5.74) is 11.0. The fraction of sp³-hybridized carbons (Fsp3) is 0.136. The SMILES string of the molecule is Cc1c(-c2ccc(CN)cc2)sc2c(N=NCc3ccc(C(=O)O)cc3)ncnc12. The van der Waals surface area contributed by atoms with Crippen molar-refractivity contribution in [3.8, 4) is 10.4 Å². The number of nitrogens with two attached hydrogens (primary N) is 1. The molecule has 0 bridgehead atoms. The van der Waals surface area contributed by atoms with Crippen LogP contribution in [-0.4, -0.2) is 21.0 Å². The highest BCUT2D eigenvalue weighted by molar-refractivity contribution is 7.23. The van der Waals surface area contributed by atoms with Crippen molar-refractivity contribution in [1.29, 1.82) is 0 Å². The zero-order valence-corrected chi connectivity index (χ0v) is 17.1. The van der Waals surface area contributed by atoms with Crippen molar-refractivity contribution in [1.82, 2.24) is 9.97 Å². The van der Waals surface area contributed by atoms with Crippen LogP contribution >= 0.6 is 11.3 Å². The summed E-state index contributed by atoms with van der Waals surface area (Å²) >= 11 is 1.59. The predicted octanol–water partition coefficient (Wildman–Crippen LogP) is 5.11. The minimum Gasteiger partial charge on any atom is -0.478 e. The van der Waals surface area contributed by atoms with Crippen molar-refractivity contribution >= 4 is 33.3 Å². The monoisotopic (exact) mass is 417 g/mol. The highest BCUT2D eigenvalue weighted by Crippen LogP contribution is 2.40. The fourth-order valence-corrected chi connectivity index (χ4v) is 4.28. The molecule has 2 heterocycles. The van der Waals surface area contributed by atoms with E-state index >= 15 is 0 Å². The maximum Gasteiger partial charge on any atom is 0.335 e. The van der Waals surface area contributed by atoms with Gasteiger partial charge >= 0.3 is 5.97 Å². The van der Waals surface area contributed by atoms with Crippen LogP contribution < -0.4 is 5.73 Å². The minimum atomic E-state index is -0.951. The van der Waals surface area contributed by atoms with Crippen LogP contribution in [0.2, 0.25) is 0 Å². The van der Waals surface area contributed by atoms with Crippen LogP contribution in [0.15, 0.2) is 65.1 Å². The number of thiophene rings is 1. The number of carbonyl (C=O) groups is 1. The third-order valence-corrected chi connectivity index (χ3v) is 6.08. The lowest BCUT2D eigenvalue weighted by Crippen LogP contribution is -1.95. The summed E-state index contributed by atoms with van der Waals surface area (Å²) in [5.74, 6) is -0.423. The number of azo groups is 1. The standard InChI is InChI=1S/C22H19N5O2S/c1-13-18-20(30-19(13)16-6-2-14(10-23)3-7-16)21(25-12-24-18)27-26-11-15-4-8-17(9-5-15)22(28)29/h2-9,12H,10-11,23H2,1H3,(H,28,29). The zero-order chi connectivity index (χ0) is 21.1. The number of hydrogen-bond acceptors (Lipinski definition) is 7. The van der Waals surface area contributed by atoms with Crippen LogP contribution in [0, 0.1) is 6.92 Å². The summed E-state index contributed by atoms with van der Waals surface area (Å²) in [6, 6.07) is 14.8. The van der Waals surface area contributed by atoms with E-state index in [-0.39, 0.29) is 5.56 Å². The van der Waals surface area contributed by atoms with Gasteiger partial charge in [-0.15, -0.1) is 16.5 Å². The molecule has 0 unspecified atom stereocenters. The first-order valence-electron chi connectivity index (χ1n) is 9.30. The number of benzene rings is 2. The van der Waals surface area contributed by atoms with Gasteiger partial charge in [-0.2, -0.15) is 5.11 Å². The average molecular weight is 417 g/mol. The van der Waals surface area contributed by atoms with Gasteiger partial charge in [-0.3, -0.25) is 0 Å². The van der Waals surface area contributed by atoms with Crippen molar-refractivity contribution in [3.05, 3.63) is 77.1 Å². The molecule has 0 spiro atoms. The Balaban J connectivity index is 1.61. The summed E-state index contributed by atoms with van der Waals surface area (Å²) < 4.78 is 0.887. The first kappa shape index (κ1) is 19.8. The largest absolute Gasteiger partial charge is 0.478 e. The van der Waals surface area contributed by atoms with Crippen LogP contribution in [0.5, 0.6) is 0 Å². The topological polar surface area (TPSA) is 114 Å². The number of rotatable bonds is 6. The van der Waals surface area contributed by atoms with Crippen molar-refractivity contribution in [2.45, 2.75) is 20.0 Å². The van der Waals surface area contributed by atoms with Gasteiger partial charge in [0.05, 0.1) is 17.6 Å². The van der Waals surface area contributed by atoms with Gasteiger partial charge in [-0.05, 0) is 41.3 Å². The molecule has 0 aliphatic carbocycles. The number of aromatic nitrogens is 2. The Hall–Kier alpha value is -3.49. The van der Waals surface area contributed by atoms with Gasteiger partial charge in [0.15, 0.2) is 5.82 Å². The zero-order valence-electron chi connectivity index (χ0n) is 16.2. The maximum absolute atomic E-state index is 10.9. The first-order valence-corrected chi connectivity index (χ1v) is 10.1. The Morgan fingerprint density at radius 1 is 1.07 bits per heavy atom. The molecule has 0 aliphatic rings. The second-order valence-corrected chi connectivity index (χ2v) is 7.75. The molecule has 4 aromatic rings. The highest BCUT2D eigenvalue weighted by Gasteiger charge is 2.15. The third kappa shape index (κ3) is 3.96. The molecule has 0 aliphatic heterocycles. The van der Waals surface area contributed by atoms with Gasteiger partial charge in [0.2, 0.25) is 0 Å². The summed E-state index contributed by atoms with van der Waals surface area (Å²) in [6.45, 7) is 2.90. The molecule has 8 heteroatoms. The molecule has 7 nitrogen and oxygen atoms in total. The van der Waals surface area contributed by atoms with Crippen molar-refractivity contribution in [2.75, 3.05) is 0 Å². The van der Waals surface area contributed by atoms with Gasteiger partial charge in [0, 0.05) is 11.4 Å². The molecule has 0 saturated heterocycles. The van der Waals surface area contributed by atoms with E-state index in [0.29, 0.717) is 18.9 Å². The quantitative estimate of drug-likeness (QED) is 0.423. The first-order chi connectivity index (χ1) is 14.6. The lowest BCUT2D eigenvalue weighted by molar-refractivity contribution is 0.0697. The number of carboxylic acids is 1. The van der Waals surface area contributed by atoms with Gasteiger partial charge in [0.1, 0.15) is 11.0 Å². The number of hydrogen-bond donors (Lipinski definition) is 2. The van der Waals surface area contributed by atoms with E-state index in [2.05, 4.69) is 32.3 Å². The van der Waals surface area contributed by atoms with Gasteiger partial charge in [-0.25, -0.2) is 14.8 Å². The predicted molar refractivity (Wildman–Crippen MR) is 117 cm³/mol. The van der Waals surface area contributed by atoms with E-state index < -0.39 is 5.97 Å². The van der Waals surface area contributed by atoms with E-state index in [1.807, 2.05) is 19.1 Å². The van der Waals surface area contributed by atoms with Gasteiger partial charge in [0.25, 0.3) is 0 Å². The molecule has 0 radical (unpaired) electrons. The molecule has 0 saturated carbocycles. The van der Waals surface area contributed by atoms with E-state index in [1.54, 1.807) is 35.6 Å². The number of nitrogens with zero attached hydrogens (tertiary/aromatic N) is 4. The molecule has 2 aromatic carbocycles. The van der Waals surface area contributed by atoms with E-state index in [1.165, 1.54) is 6.33 Å². The minimum absolute atomic E-state index is 0.245. The summed E-state index contributed by atoms with van der Waals surface area (Å²) in [7, 11) is 0. The smallest absolute Gasteiger partial charge is 0.335 e. The third-order valence-electron chi connectivity index (χ3n) is 4.76. The molecule has 0 atom stereocenters. The van der Waals surface area contributed by atoms with Crippen LogP contribution in [-0.2, 0) is 13.1 Å². The molecule has 150 valence electrons. The Bertz CT molecular complexity index is 1230. The second kappa shape index (κ2) is 8.48. The lowest BCUT2D eigenvalue weighted by atomic mass is 10.1. The van der Waals surface area contributed by atoms with Crippen LogP contribution in [0.25, 0.3) is 20.7 Å². The Morgan fingerprint density at radius 2 is 1.77 bits per heavy atom. The van der Waals surface area contributed by atoms with Crippen molar-refractivity contribution in [3.63, 3.8) is 0 Å².